The predicted octanol–water partition coefficient (Wildman–Crippen LogP) is 5.09. The van der Waals surface area contributed by atoms with Crippen molar-refractivity contribution >= 4 is 27.5 Å². The number of carbonyl (C=O) groups excluding carboxylic acids is 1. The van der Waals surface area contributed by atoms with Crippen LogP contribution in [0.4, 0.5) is 0 Å². The van der Waals surface area contributed by atoms with Crippen molar-refractivity contribution in [1.82, 2.24) is 0 Å². The lowest BCUT2D eigenvalue weighted by Crippen LogP contribution is -2.46. The summed E-state index contributed by atoms with van der Waals surface area (Å²) < 4.78 is 0. The highest BCUT2D eigenvalue weighted by molar-refractivity contribution is 6.96. The maximum atomic E-state index is 12.8. The van der Waals surface area contributed by atoms with Crippen molar-refractivity contribution in [2.45, 2.75) is 46.2 Å². The molecule has 2 rings (SSSR count). The molecule has 1 aromatic carbocycles. The Kier molecular flexibility index (Phi) is 4.02. The zero-order valence-corrected chi connectivity index (χ0v) is 16.3. The molecule has 0 bridgehead atoms. The molecule has 3 heteroatoms. The number of carbonyl (C=O) groups is 1. The molecule has 0 saturated heterocycles. The predicted molar refractivity (Wildman–Crippen MR) is 97.8 cm³/mol. The van der Waals surface area contributed by atoms with Crippen molar-refractivity contribution in [3.8, 4) is 0 Å². The first-order valence-electron chi connectivity index (χ1n) is 7.61. The summed E-state index contributed by atoms with van der Waals surface area (Å²) >= 11 is 0. The zero-order valence-electron chi connectivity index (χ0n) is 14.3. The SMILES string of the molecule is C/C(=C1\C(=O)C([Si](C)(C)C)=C1[Si](C)(C)C)c1ccccc1. The molecule has 0 aromatic heterocycles. The fourth-order valence-electron chi connectivity index (χ4n) is 3.07. The monoisotopic (exact) mass is 314 g/mol. The lowest BCUT2D eigenvalue weighted by molar-refractivity contribution is -0.112. The van der Waals surface area contributed by atoms with Gasteiger partial charge in [0, 0.05) is 5.57 Å². The van der Waals surface area contributed by atoms with E-state index in [1.165, 1.54) is 16.0 Å². The summed E-state index contributed by atoms with van der Waals surface area (Å²) in [5.74, 6) is 0.327. The van der Waals surface area contributed by atoms with E-state index in [1.807, 2.05) is 18.2 Å². The van der Waals surface area contributed by atoms with Crippen LogP contribution in [-0.2, 0) is 4.79 Å². The third-order valence-corrected chi connectivity index (χ3v) is 8.26. The van der Waals surface area contributed by atoms with Gasteiger partial charge in [0.2, 0.25) is 0 Å². The van der Waals surface area contributed by atoms with Crippen LogP contribution in [0.1, 0.15) is 12.5 Å². The van der Waals surface area contributed by atoms with E-state index in [2.05, 4.69) is 58.3 Å². The smallest absolute Gasteiger partial charge is 0.185 e. The van der Waals surface area contributed by atoms with E-state index >= 15 is 0 Å². The minimum absolute atomic E-state index is 0.327. The molecular weight excluding hydrogens is 288 g/mol. The molecule has 0 fully saturated rings. The first-order chi connectivity index (χ1) is 9.55. The molecule has 0 atom stereocenters. The number of hydrogen-bond donors (Lipinski definition) is 0. The van der Waals surface area contributed by atoms with E-state index in [0.29, 0.717) is 5.78 Å². The quantitative estimate of drug-likeness (QED) is 0.561. The minimum atomic E-state index is -1.57. The average molecular weight is 315 g/mol. The Hall–Kier alpha value is -1.20. The van der Waals surface area contributed by atoms with Crippen molar-refractivity contribution in [3.05, 3.63) is 51.9 Å². The number of allylic oxidation sites excluding steroid dienone is 4. The molecule has 0 spiro atoms. The average Bonchev–Trinajstić information content (AvgIpc) is 2.33. The van der Waals surface area contributed by atoms with Crippen LogP contribution in [0.25, 0.3) is 5.57 Å². The lowest BCUT2D eigenvalue weighted by atomic mass is 9.91. The Morgan fingerprint density at radius 2 is 1.29 bits per heavy atom. The van der Waals surface area contributed by atoms with Crippen LogP contribution in [0.3, 0.4) is 0 Å². The van der Waals surface area contributed by atoms with Crippen LogP contribution in [0.2, 0.25) is 39.3 Å². The van der Waals surface area contributed by atoms with Crippen molar-refractivity contribution in [3.63, 3.8) is 0 Å². The summed E-state index contributed by atoms with van der Waals surface area (Å²) in [4.78, 5) is 12.8. The first-order valence-corrected chi connectivity index (χ1v) is 14.6. The molecule has 1 aliphatic carbocycles. The minimum Gasteiger partial charge on any atom is -0.289 e. The van der Waals surface area contributed by atoms with Crippen LogP contribution in [0, 0.1) is 0 Å². The highest BCUT2D eigenvalue weighted by Crippen LogP contribution is 2.44. The Morgan fingerprint density at radius 1 is 0.810 bits per heavy atom. The molecule has 0 unspecified atom stereocenters. The third-order valence-electron chi connectivity index (χ3n) is 4.04. The fraction of sp³-hybridized carbons (Fsp3) is 0.389. The summed E-state index contributed by atoms with van der Waals surface area (Å²) in [6, 6.07) is 10.3. The van der Waals surface area contributed by atoms with E-state index in [4.69, 9.17) is 0 Å². The summed E-state index contributed by atoms with van der Waals surface area (Å²) in [6.45, 7) is 16.0. The number of hydrogen-bond acceptors (Lipinski definition) is 1. The van der Waals surface area contributed by atoms with Gasteiger partial charge in [0.15, 0.2) is 5.78 Å². The normalized spacial score (nSPS) is 18.7. The molecule has 0 radical (unpaired) electrons. The topological polar surface area (TPSA) is 17.1 Å². The molecule has 1 aliphatic rings. The number of rotatable bonds is 3. The third kappa shape index (κ3) is 2.90. The second kappa shape index (κ2) is 5.22. The second-order valence-electron chi connectivity index (χ2n) is 7.95. The van der Waals surface area contributed by atoms with E-state index < -0.39 is 16.1 Å². The molecular formula is C18H26OSi2. The Morgan fingerprint density at radius 3 is 1.71 bits per heavy atom. The highest BCUT2D eigenvalue weighted by Gasteiger charge is 2.46. The standard InChI is InChI=1S/C18H26OSi2/c1-13(14-11-9-8-10-12-14)15-16(19)18(21(5,6)7)17(15)20(2,3)4/h8-12H,1-7H3/b15-13-. The van der Waals surface area contributed by atoms with Crippen molar-refractivity contribution < 1.29 is 4.79 Å². The van der Waals surface area contributed by atoms with Gasteiger partial charge in [-0.15, -0.1) is 0 Å². The van der Waals surface area contributed by atoms with Crippen LogP contribution in [0.5, 0.6) is 0 Å². The van der Waals surface area contributed by atoms with Crippen molar-refractivity contribution in [2.75, 3.05) is 0 Å². The molecule has 0 heterocycles. The van der Waals surface area contributed by atoms with Gasteiger partial charge >= 0.3 is 0 Å². The molecule has 1 nitrogen and oxygen atoms in total. The maximum absolute atomic E-state index is 12.8. The van der Waals surface area contributed by atoms with Gasteiger partial charge < -0.3 is 0 Å². The van der Waals surface area contributed by atoms with Crippen molar-refractivity contribution in [1.29, 1.82) is 0 Å². The number of benzene rings is 1. The first kappa shape index (κ1) is 16.2. The molecule has 0 saturated carbocycles. The molecule has 0 N–H and O–H groups in total. The van der Waals surface area contributed by atoms with Crippen LogP contribution in [-0.4, -0.2) is 21.9 Å². The Bertz CT molecular complexity index is 638. The zero-order chi connectivity index (χ0) is 16.0. The highest BCUT2D eigenvalue weighted by atomic mass is 28.3. The Labute approximate surface area is 130 Å². The van der Waals surface area contributed by atoms with Gasteiger partial charge in [-0.2, -0.15) is 0 Å². The Balaban J connectivity index is 2.68. The van der Waals surface area contributed by atoms with E-state index in [-0.39, 0.29) is 0 Å². The van der Waals surface area contributed by atoms with Gasteiger partial charge in [0.1, 0.15) is 0 Å². The van der Waals surface area contributed by atoms with Crippen LogP contribution < -0.4 is 0 Å². The molecule has 21 heavy (non-hydrogen) atoms. The number of ketones is 1. The largest absolute Gasteiger partial charge is 0.289 e. The van der Waals surface area contributed by atoms with E-state index in [9.17, 15) is 4.79 Å². The molecule has 0 amide bonds. The van der Waals surface area contributed by atoms with Gasteiger partial charge in [-0.25, -0.2) is 0 Å². The van der Waals surface area contributed by atoms with Crippen LogP contribution in [0.15, 0.2) is 46.3 Å². The van der Waals surface area contributed by atoms with Gasteiger partial charge in [0.25, 0.3) is 0 Å². The summed E-state index contributed by atoms with van der Waals surface area (Å²) in [7, 11) is -3.08. The molecule has 0 aliphatic heterocycles. The summed E-state index contributed by atoms with van der Waals surface area (Å²) in [5, 5.41) is 2.64. The van der Waals surface area contributed by atoms with Gasteiger partial charge in [-0.05, 0) is 28.5 Å². The van der Waals surface area contributed by atoms with Crippen molar-refractivity contribution in [2.24, 2.45) is 0 Å². The number of Topliss-reactive ketones (excluding diaryl/α,β-unsaturated/α-hetero) is 1. The molecule has 112 valence electrons. The second-order valence-corrected chi connectivity index (χ2v) is 17.9. The van der Waals surface area contributed by atoms with Gasteiger partial charge in [-0.1, -0.05) is 69.6 Å². The van der Waals surface area contributed by atoms with Gasteiger partial charge in [-0.3, -0.25) is 4.79 Å². The van der Waals surface area contributed by atoms with Crippen LogP contribution >= 0.6 is 0 Å². The van der Waals surface area contributed by atoms with E-state index in [0.717, 1.165) is 11.1 Å². The lowest BCUT2D eigenvalue weighted by Gasteiger charge is -2.40. The van der Waals surface area contributed by atoms with E-state index in [1.54, 1.807) is 0 Å². The fourth-order valence-corrected chi connectivity index (χ4v) is 8.92. The molecule has 1 aromatic rings. The maximum Gasteiger partial charge on any atom is 0.185 e. The summed E-state index contributed by atoms with van der Waals surface area (Å²) in [6.07, 6.45) is 0. The summed E-state index contributed by atoms with van der Waals surface area (Å²) in [5.41, 5.74) is 3.35. The van der Waals surface area contributed by atoms with Gasteiger partial charge in [0.05, 0.1) is 16.1 Å².